The molecule has 0 unspecified atom stereocenters. The summed E-state index contributed by atoms with van der Waals surface area (Å²) in [4.78, 5) is 14.1. The lowest BCUT2D eigenvalue weighted by atomic mass is 10.3. The zero-order chi connectivity index (χ0) is 13.8. The molecule has 102 valence electrons. The topological polar surface area (TPSA) is 48.4 Å². The fraction of sp³-hybridized carbons (Fsp3) is 0.600. The van der Waals surface area contributed by atoms with Crippen LogP contribution >= 0.6 is 11.3 Å². The van der Waals surface area contributed by atoms with E-state index in [9.17, 15) is 18.0 Å². The van der Waals surface area contributed by atoms with Gasteiger partial charge in [0.2, 0.25) is 0 Å². The van der Waals surface area contributed by atoms with E-state index in [4.69, 9.17) is 4.74 Å². The Balaban J connectivity index is 3.05. The van der Waals surface area contributed by atoms with E-state index < -0.39 is 22.7 Å². The number of ether oxygens (including phenoxy) is 2. The fourth-order valence-corrected chi connectivity index (χ4v) is 1.93. The standard InChI is InChI=1S/C10H12F3NO3S/c1-3-5-17-9-14-7(10(11,12)13)6(18-9)8(15)16-4-2/h3-5H2,1-2H3. The number of hydrogen-bond acceptors (Lipinski definition) is 5. The smallest absolute Gasteiger partial charge is 0.435 e. The minimum absolute atomic E-state index is 0.000813. The van der Waals surface area contributed by atoms with Gasteiger partial charge in [-0.3, -0.25) is 0 Å². The average Bonchev–Trinajstić information content (AvgIpc) is 2.70. The van der Waals surface area contributed by atoms with Crippen LogP contribution in [0.15, 0.2) is 0 Å². The number of thiazole rings is 1. The maximum atomic E-state index is 12.7. The Bertz CT molecular complexity index is 417. The van der Waals surface area contributed by atoms with Crippen molar-refractivity contribution in [3.8, 4) is 5.19 Å². The first-order chi connectivity index (χ1) is 8.40. The first-order valence-corrected chi connectivity index (χ1v) is 6.09. The van der Waals surface area contributed by atoms with Crippen LogP contribution in [0.1, 0.15) is 35.6 Å². The van der Waals surface area contributed by atoms with Crippen LogP contribution in [-0.4, -0.2) is 24.2 Å². The highest BCUT2D eigenvalue weighted by Crippen LogP contribution is 2.37. The van der Waals surface area contributed by atoms with E-state index in [1.807, 2.05) is 6.92 Å². The number of aromatic nitrogens is 1. The molecule has 0 amide bonds. The van der Waals surface area contributed by atoms with Gasteiger partial charge < -0.3 is 9.47 Å². The molecule has 0 atom stereocenters. The van der Waals surface area contributed by atoms with Crippen molar-refractivity contribution in [1.82, 2.24) is 4.98 Å². The molecule has 8 heteroatoms. The van der Waals surface area contributed by atoms with Crippen molar-refractivity contribution in [1.29, 1.82) is 0 Å². The Morgan fingerprint density at radius 2 is 2.06 bits per heavy atom. The predicted octanol–water partition coefficient (Wildman–Crippen LogP) is 3.13. The molecular weight excluding hydrogens is 271 g/mol. The Labute approximate surface area is 106 Å². The van der Waals surface area contributed by atoms with Crippen LogP contribution in [0.4, 0.5) is 13.2 Å². The van der Waals surface area contributed by atoms with Crippen LogP contribution in [0.3, 0.4) is 0 Å². The third kappa shape index (κ3) is 3.59. The fourth-order valence-electron chi connectivity index (χ4n) is 1.08. The summed E-state index contributed by atoms with van der Waals surface area (Å²) in [6, 6.07) is 0. The second kappa shape index (κ2) is 6.03. The molecule has 0 bridgehead atoms. The zero-order valence-corrected chi connectivity index (χ0v) is 10.7. The minimum atomic E-state index is -4.70. The largest absolute Gasteiger partial charge is 0.470 e. The molecule has 0 aliphatic heterocycles. The lowest BCUT2D eigenvalue weighted by molar-refractivity contribution is -0.141. The number of esters is 1. The van der Waals surface area contributed by atoms with Crippen LogP contribution < -0.4 is 4.74 Å². The highest BCUT2D eigenvalue weighted by atomic mass is 32.1. The lowest BCUT2D eigenvalue weighted by Crippen LogP contribution is -2.13. The van der Waals surface area contributed by atoms with Crippen molar-refractivity contribution in [3.05, 3.63) is 10.6 Å². The highest BCUT2D eigenvalue weighted by molar-refractivity contribution is 7.15. The summed E-state index contributed by atoms with van der Waals surface area (Å²) >= 11 is 0.547. The number of carbonyl (C=O) groups is 1. The van der Waals surface area contributed by atoms with Crippen molar-refractivity contribution >= 4 is 17.3 Å². The van der Waals surface area contributed by atoms with E-state index in [1.165, 1.54) is 6.92 Å². The summed E-state index contributed by atoms with van der Waals surface area (Å²) < 4.78 is 47.6. The maximum Gasteiger partial charge on any atom is 0.435 e. The molecule has 0 spiro atoms. The van der Waals surface area contributed by atoms with Crippen LogP contribution in [0.25, 0.3) is 0 Å². The first kappa shape index (κ1) is 14.7. The Morgan fingerprint density at radius 1 is 1.39 bits per heavy atom. The van der Waals surface area contributed by atoms with Gasteiger partial charge in [-0.05, 0) is 13.3 Å². The van der Waals surface area contributed by atoms with Crippen LogP contribution in [0.5, 0.6) is 5.19 Å². The lowest BCUT2D eigenvalue weighted by Gasteiger charge is -2.04. The molecule has 0 radical (unpaired) electrons. The molecule has 4 nitrogen and oxygen atoms in total. The van der Waals surface area contributed by atoms with E-state index in [-0.39, 0.29) is 18.4 Å². The molecule has 1 heterocycles. The SMILES string of the molecule is CCCOc1nc(C(F)(F)F)c(C(=O)OCC)s1. The number of rotatable bonds is 5. The van der Waals surface area contributed by atoms with Gasteiger partial charge in [-0.25, -0.2) is 4.79 Å². The molecule has 1 rings (SSSR count). The summed E-state index contributed by atoms with van der Waals surface area (Å²) in [5.74, 6) is -1.03. The molecule has 0 aliphatic rings. The third-order valence-electron chi connectivity index (χ3n) is 1.77. The van der Waals surface area contributed by atoms with Gasteiger partial charge in [0.15, 0.2) is 5.69 Å². The maximum absolute atomic E-state index is 12.7. The molecule has 0 N–H and O–H groups in total. The normalized spacial score (nSPS) is 11.4. The number of hydrogen-bond donors (Lipinski definition) is 0. The zero-order valence-electron chi connectivity index (χ0n) is 9.84. The minimum Gasteiger partial charge on any atom is -0.470 e. The molecule has 1 aromatic rings. The van der Waals surface area contributed by atoms with E-state index in [0.29, 0.717) is 17.8 Å². The van der Waals surface area contributed by atoms with E-state index in [1.54, 1.807) is 0 Å². The van der Waals surface area contributed by atoms with E-state index in [2.05, 4.69) is 9.72 Å². The van der Waals surface area contributed by atoms with Crippen molar-refractivity contribution in [3.63, 3.8) is 0 Å². The van der Waals surface area contributed by atoms with Crippen molar-refractivity contribution in [2.45, 2.75) is 26.4 Å². The number of alkyl halides is 3. The van der Waals surface area contributed by atoms with Crippen molar-refractivity contribution in [2.24, 2.45) is 0 Å². The summed E-state index contributed by atoms with van der Waals surface area (Å²) in [5.41, 5.74) is -1.25. The molecule has 0 aromatic carbocycles. The molecule has 0 saturated carbocycles. The van der Waals surface area contributed by atoms with Crippen LogP contribution in [0.2, 0.25) is 0 Å². The molecule has 0 aliphatic carbocycles. The van der Waals surface area contributed by atoms with Crippen LogP contribution in [-0.2, 0) is 10.9 Å². The summed E-state index contributed by atoms with van der Waals surface area (Å²) in [5, 5.41) is -0.174. The number of halogens is 3. The van der Waals surface area contributed by atoms with Gasteiger partial charge in [-0.1, -0.05) is 18.3 Å². The molecule has 1 aromatic heterocycles. The number of nitrogens with zero attached hydrogens (tertiary/aromatic N) is 1. The highest BCUT2D eigenvalue weighted by Gasteiger charge is 2.40. The van der Waals surface area contributed by atoms with Gasteiger partial charge in [0.25, 0.3) is 5.19 Å². The molecular formula is C10H12F3NO3S. The van der Waals surface area contributed by atoms with Gasteiger partial charge in [0, 0.05) is 0 Å². The molecule has 0 fully saturated rings. The summed E-state index contributed by atoms with van der Waals surface area (Å²) in [6.45, 7) is 3.57. The Morgan fingerprint density at radius 3 is 2.56 bits per heavy atom. The van der Waals surface area contributed by atoms with Gasteiger partial charge in [0.05, 0.1) is 13.2 Å². The summed E-state index contributed by atoms with van der Waals surface area (Å²) in [6.07, 6.45) is -4.07. The third-order valence-corrected chi connectivity index (χ3v) is 2.71. The quantitative estimate of drug-likeness (QED) is 0.779. The van der Waals surface area contributed by atoms with Gasteiger partial charge in [0.1, 0.15) is 4.88 Å². The van der Waals surface area contributed by atoms with E-state index >= 15 is 0 Å². The van der Waals surface area contributed by atoms with Gasteiger partial charge >= 0.3 is 12.1 Å². The van der Waals surface area contributed by atoms with Gasteiger partial charge in [-0.2, -0.15) is 18.2 Å². The first-order valence-electron chi connectivity index (χ1n) is 5.28. The van der Waals surface area contributed by atoms with E-state index in [0.717, 1.165) is 0 Å². The average molecular weight is 283 g/mol. The second-order valence-electron chi connectivity index (χ2n) is 3.22. The monoisotopic (exact) mass is 283 g/mol. The molecule has 18 heavy (non-hydrogen) atoms. The van der Waals surface area contributed by atoms with Gasteiger partial charge in [-0.15, -0.1) is 0 Å². The second-order valence-corrected chi connectivity index (χ2v) is 4.19. The van der Waals surface area contributed by atoms with Crippen molar-refractivity contribution < 1.29 is 27.4 Å². The Kier molecular flexibility index (Phi) is 4.94. The summed E-state index contributed by atoms with van der Waals surface area (Å²) in [7, 11) is 0. The Hall–Kier alpha value is -1.31. The number of carbonyl (C=O) groups excluding carboxylic acids is 1. The predicted molar refractivity (Wildman–Crippen MR) is 58.9 cm³/mol. The van der Waals surface area contributed by atoms with Crippen molar-refractivity contribution in [2.75, 3.05) is 13.2 Å². The molecule has 0 saturated heterocycles. The van der Waals surface area contributed by atoms with Crippen LogP contribution in [0, 0.1) is 0 Å².